The third kappa shape index (κ3) is 4.02. The first-order valence-corrected chi connectivity index (χ1v) is 6.01. The van der Waals surface area contributed by atoms with Crippen molar-refractivity contribution in [1.82, 2.24) is 4.90 Å². The summed E-state index contributed by atoms with van der Waals surface area (Å²) in [7, 11) is 1.56. The number of carboxylic acid groups (broad SMARTS) is 1. The molecule has 6 heteroatoms. The van der Waals surface area contributed by atoms with Gasteiger partial charge in [0.1, 0.15) is 0 Å². The van der Waals surface area contributed by atoms with Crippen molar-refractivity contribution < 1.29 is 14.7 Å². The van der Waals surface area contributed by atoms with Crippen molar-refractivity contribution in [2.24, 2.45) is 0 Å². The molecule has 0 saturated heterocycles. The van der Waals surface area contributed by atoms with Crippen LogP contribution in [0.15, 0.2) is 22.7 Å². The quantitative estimate of drug-likeness (QED) is 0.928. The minimum absolute atomic E-state index is 0.0724. The number of rotatable bonds is 4. The van der Waals surface area contributed by atoms with Crippen LogP contribution in [-0.2, 0) is 4.79 Å². The van der Waals surface area contributed by atoms with Gasteiger partial charge in [-0.05, 0) is 34.1 Å². The van der Waals surface area contributed by atoms with Crippen molar-refractivity contribution >= 4 is 39.4 Å². The number of amides is 1. The van der Waals surface area contributed by atoms with Gasteiger partial charge in [-0.25, -0.2) is 0 Å². The van der Waals surface area contributed by atoms with Gasteiger partial charge in [-0.1, -0.05) is 11.6 Å². The summed E-state index contributed by atoms with van der Waals surface area (Å²) >= 11 is 9.05. The molecule has 0 saturated carbocycles. The molecule has 0 spiro atoms. The Balaban J connectivity index is 2.74. The maximum absolute atomic E-state index is 11.9. The Morgan fingerprint density at radius 2 is 2.12 bits per heavy atom. The summed E-state index contributed by atoms with van der Waals surface area (Å²) in [6.45, 7) is 0.175. The summed E-state index contributed by atoms with van der Waals surface area (Å²) in [6, 6.07) is 4.83. The Morgan fingerprint density at radius 3 is 2.65 bits per heavy atom. The fraction of sp³-hybridized carbons (Fsp3) is 0.273. The molecule has 1 rings (SSSR count). The lowest BCUT2D eigenvalue weighted by Gasteiger charge is -2.16. The number of halogens is 2. The van der Waals surface area contributed by atoms with Gasteiger partial charge in [0, 0.05) is 23.6 Å². The second-order valence-corrected chi connectivity index (χ2v) is 4.76. The molecule has 92 valence electrons. The number of carbonyl (C=O) groups excluding carboxylic acids is 1. The van der Waals surface area contributed by atoms with E-state index in [4.69, 9.17) is 16.7 Å². The first-order valence-electron chi connectivity index (χ1n) is 4.84. The molecule has 4 nitrogen and oxygen atoms in total. The molecule has 0 aliphatic heterocycles. The molecule has 1 N–H and O–H groups in total. The average molecular weight is 321 g/mol. The summed E-state index contributed by atoms with van der Waals surface area (Å²) in [4.78, 5) is 23.7. The van der Waals surface area contributed by atoms with E-state index in [2.05, 4.69) is 15.9 Å². The van der Waals surface area contributed by atoms with Crippen LogP contribution >= 0.6 is 27.5 Å². The predicted octanol–water partition coefficient (Wildman–Crippen LogP) is 2.65. The number of hydrogen-bond donors (Lipinski definition) is 1. The van der Waals surface area contributed by atoms with Gasteiger partial charge in [-0.3, -0.25) is 9.59 Å². The van der Waals surface area contributed by atoms with Crippen LogP contribution in [0.1, 0.15) is 16.8 Å². The Morgan fingerprint density at radius 1 is 1.47 bits per heavy atom. The molecular formula is C11H11BrClNO3. The highest BCUT2D eigenvalue weighted by Crippen LogP contribution is 2.23. The largest absolute Gasteiger partial charge is 0.481 e. The van der Waals surface area contributed by atoms with Crippen molar-refractivity contribution in [1.29, 1.82) is 0 Å². The fourth-order valence-corrected chi connectivity index (χ4v) is 1.71. The number of hydrogen-bond acceptors (Lipinski definition) is 2. The molecular weight excluding hydrogens is 309 g/mol. The van der Waals surface area contributed by atoms with Gasteiger partial charge in [-0.2, -0.15) is 0 Å². The molecule has 0 atom stereocenters. The second kappa shape index (κ2) is 6.02. The van der Waals surface area contributed by atoms with Gasteiger partial charge in [-0.15, -0.1) is 0 Å². The zero-order valence-corrected chi connectivity index (χ0v) is 11.5. The second-order valence-electron chi connectivity index (χ2n) is 3.50. The van der Waals surface area contributed by atoms with E-state index in [9.17, 15) is 9.59 Å². The smallest absolute Gasteiger partial charge is 0.305 e. The number of aliphatic carboxylic acids is 1. The van der Waals surface area contributed by atoms with Crippen molar-refractivity contribution in [2.75, 3.05) is 13.6 Å². The van der Waals surface area contributed by atoms with E-state index in [1.54, 1.807) is 25.2 Å². The molecule has 0 bridgehead atoms. The highest BCUT2D eigenvalue weighted by Gasteiger charge is 2.13. The Kier molecular flexibility index (Phi) is 4.96. The molecule has 1 aromatic rings. The topological polar surface area (TPSA) is 57.6 Å². The standard InChI is InChI=1S/C11H11BrClNO3/c1-14(5-4-10(15)16)11(17)7-2-3-9(13)8(12)6-7/h2-3,6H,4-5H2,1H3,(H,15,16). The van der Waals surface area contributed by atoms with Crippen LogP contribution < -0.4 is 0 Å². The fourth-order valence-electron chi connectivity index (χ4n) is 1.21. The van der Waals surface area contributed by atoms with Crippen molar-refractivity contribution in [3.8, 4) is 0 Å². The number of carboxylic acids is 1. The van der Waals surface area contributed by atoms with E-state index < -0.39 is 5.97 Å². The molecule has 0 aromatic heterocycles. The Bertz CT molecular complexity index is 450. The van der Waals surface area contributed by atoms with Crippen molar-refractivity contribution in [3.05, 3.63) is 33.3 Å². The van der Waals surface area contributed by atoms with Crippen LogP contribution in [0, 0.1) is 0 Å². The maximum atomic E-state index is 11.9. The number of carbonyl (C=O) groups is 2. The summed E-state index contributed by atoms with van der Waals surface area (Å²) < 4.78 is 0.636. The lowest BCUT2D eigenvalue weighted by molar-refractivity contribution is -0.137. The minimum atomic E-state index is -0.929. The number of benzene rings is 1. The van der Waals surface area contributed by atoms with E-state index in [0.29, 0.717) is 15.1 Å². The summed E-state index contributed by atoms with van der Waals surface area (Å²) in [5, 5.41) is 9.06. The van der Waals surface area contributed by atoms with Crippen LogP contribution in [0.5, 0.6) is 0 Å². The van der Waals surface area contributed by atoms with E-state index in [1.165, 1.54) is 4.90 Å². The maximum Gasteiger partial charge on any atom is 0.305 e. The van der Waals surface area contributed by atoms with E-state index >= 15 is 0 Å². The highest BCUT2D eigenvalue weighted by molar-refractivity contribution is 9.10. The zero-order chi connectivity index (χ0) is 13.0. The molecule has 0 heterocycles. The van der Waals surface area contributed by atoms with Crippen molar-refractivity contribution in [3.63, 3.8) is 0 Å². The third-order valence-corrected chi connectivity index (χ3v) is 3.39. The van der Waals surface area contributed by atoms with Crippen LogP contribution in [0.25, 0.3) is 0 Å². The lowest BCUT2D eigenvalue weighted by atomic mass is 10.2. The summed E-state index contributed by atoms with van der Waals surface area (Å²) in [5.41, 5.74) is 0.467. The molecule has 1 aromatic carbocycles. The Hall–Kier alpha value is -1.07. The van der Waals surface area contributed by atoms with E-state index in [0.717, 1.165) is 0 Å². The molecule has 1 amide bonds. The minimum Gasteiger partial charge on any atom is -0.481 e. The van der Waals surface area contributed by atoms with Gasteiger partial charge < -0.3 is 10.0 Å². The predicted molar refractivity (Wildman–Crippen MR) is 68.4 cm³/mol. The SMILES string of the molecule is CN(CCC(=O)O)C(=O)c1ccc(Cl)c(Br)c1. The molecule has 0 fully saturated rings. The summed E-state index contributed by atoms with van der Waals surface area (Å²) in [5.74, 6) is -1.16. The molecule has 17 heavy (non-hydrogen) atoms. The molecule has 0 aliphatic carbocycles. The molecule has 0 radical (unpaired) electrons. The van der Waals surface area contributed by atoms with Crippen LogP contribution in [0.4, 0.5) is 0 Å². The van der Waals surface area contributed by atoms with E-state index in [1.807, 2.05) is 0 Å². The highest BCUT2D eigenvalue weighted by atomic mass is 79.9. The van der Waals surface area contributed by atoms with Crippen LogP contribution in [0.2, 0.25) is 5.02 Å². The normalized spacial score (nSPS) is 10.1. The first-order chi connectivity index (χ1) is 7.91. The van der Waals surface area contributed by atoms with E-state index in [-0.39, 0.29) is 18.9 Å². The third-order valence-electron chi connectivity index (χ3n) is 2.17. The van der Waals surface area contributed by atoms with Gasteiger partial charge in [0.25, 0.3) is 5.91 Å². The molecule has 0 unspecified atom stereocenters. The summed E-state index contributed by atoms with van der Waals surface area (Å²) in [6.07, 6.45) is -0.0724. The van der Waals surface area contributed by atoms with Crippen LogP contribution in [-0.4, -0.2) is 35.5 Å². The average Bonchev–Trinajstić information content (AvgIpc) is 2.28. The van der Waals surface area contributed by atoms with Gasteiger partial charge >= 0.3 is 5.97 Å². The monoisotopic (exact) mass is 319 g/mol. The van der Waals surface area contributed by atoms with Crippen LogP contribution in [0.3, 0.4) is 0 Å². The Labute approximate surface area is 112 Å². The molecule has 0 aliphatic rings. The van der Waals surface area contributed by atoms with Gasteiger partial charge in [0.2, 0.25) is 0 Å². The lowest BCUT2D eigenvalue weighted by Crippen LogP contribution is -2.29. The first kappa shape index (κ1) is 14.0. The van der Waals surface area contributed by atoms with Gasteiger partial charge in [0.05, 0.1) is 11.4 Å². The van der Waals surface area contributed by atoms with Gasteiger partial charge in [0.15, 0.2) is 0 Å². The zero-order valence-electron chi connectivity index (χ0n) is 9.11. The number of nitrogens with zero attached hydrogens (tertiary/aromatic N) is 1. The van der Waals surface area contributed by atoms with Crippen molar-refractivity contribution in [2.45, 2.75) is 6.42 Å².